The van der Waals surface area contributed by atoms with Crippen LogP contribution in [0.2, 0.25) is 0 Å². The Balaban J connectivity index is 1.36. The number of piperazine rings is 1. The maximum absolute atomic E-state index is 12.8. The first-order chi connectivity index (χ1) is 13.7. The van der Waals surface area contributed by atoms with Gasteiger partial charge in [-0.25, -0.2) is 4.98 Å². The minimum Gasteiger partial charge on any atom is -0.352 e. The number of nitrogens with one attached hydrogen (secondary N) is 1. The summed E-state index contributed by atoms with van der Waals surface area (Å²) in [6.45, 7) is 2.40. The summed E-state index contributed by atoms with van der Waals surface area (Å²) in [5, 5.41) is 12.1. The monoisotopic (exact) mass is 375 g/mol. The maximum Gasteiger partial charge on any atom is 0.253 e. The molecule has 1 aliphatic heterocycles. The van der Waals surface area contributed by atoms with Gasteiger partial charge in [0.05, 0.1) is 5.56 Å². The van der Waals surface area contributed by atoms with Crippen molar-refractivity contribution in [3.05, 3.63) is 53.7 Å². The Hall–Kier alpha value is -3.40. The van der Waals surface area contributed by atoms with Crippen molar-refractivity contribution in [1.82, 2.24) is 9.88 Å². The van der Waals surface area contributed by atoms with E-state index < -0.39 is 0 Å². The Morgan fingerprint density at radius 3 is 2.43 bits per heavy atom. The zero-order chi connectivity index (χ0) is 19.5. The number of carbonyl (C=O) groups is 2. The molecule has 0 spiro atoms. The van der Waals surface area contributed by atoms with E-state index in [9.17, 15) is 14.9 Å². The van der Waals surface area contributed by atoms with E-state index >= 15 is 0 Å². The molecule has 7 nitrogen and oxygen atoms in total. The van der Waals surface area contributed by atoms with E-state index in [2.05, 4.69) is 16.4 Å². The number of pyridine rings is 1. The summed E-state index contributed by atoms with van der Waals surface area (Å²) in [5.41, 5.74) is 1.87. The summed E-state index contributed by atoms with van der Waals surface area (Å²) in [6.07, 6.45) is 3.60. The molecule has 142 valence electrons. The quantitative estimate of drug-likeness (QED) is 0.885. The molecule has 1 aromatic heterocycles. The van der Waals surface area contributed by atoms with Crippen LogP contribution >= 0.6 is 0 Å². The Bertz CT molecular complexity index is 923. The van der Waals surface area contributed by atoms with Gasteiger partial charge in [0, 0.05) is 49.5 Å². The van der Waals surface area contributed by atoms with Crippen LogP contribution in [-0.4, -0.2) is 47.9 Å². The predicted octanol–water partition coefficient (Wildman–Crippen LogP) is 2.26. The molecule has 1 aromatic carbocycles. The lowest BCUT2D eigenvalue weighted by molar-refractivity contribution is -0.117. The molecule has 1 saturated carbocycles. The van der Waals surface area contributed by atoms with Crippen molar-refractivity contribution in [2.24, 2.45) is 5.92 Å². The third-order valence-electron chi connectivity index (χ3n) is 5.12. The normalized spacial score (nSPS) is 16.4. The van der Waals surface area contributed by atoms with Crippen LogP contribution in [0, 0.1) is 17.2 Å². The van der Waals surface area contributed by atoms with Gasteiger partial charge < -0.3 is 15.1 Å². The molecule has 28 heavy (non-hydrogen) atoms. The van der Waals surface area contributed by atoms with E-state index in [4.69, 9.17) is 0 Å². The van der Waals surface area contributed by atoms with Gasteiger partial charge in [-0.3, -0.25) is 9.59 Å². The summed E-state index contributed by atoms with van der Waals surface area (Å²) < 4.78 is 0. The molecule has 2 heterocycles. The Morgan fingerprint density at radius 1 is 1.07 bits per heavy atom. The first kappa shape index (κ1) is 18.0. The number of hydrogen-bond acceptors (Lipinski definition) is 5. The van der Waals surface area contributed by atoms with E-state index in [0.717, 1.165) is 18.5 Å². The molecule has 0 bridgehead atoms. The van der Waals surface area contributed by atoms with E-state index in [1.165, 1.54) is 0 Å². The van der Waals surface area contributed by atoms with Gasteiger partial charge in [-0.2, -0.15) is 5.26 Å². The molecule has 2 aromatic rings. The number of anilines is 2. The van der Waals surface area contributed by atoms with Gasteiger partial charge in [0.2, 0.25) is 5.91 Å². The fourth-order valence-electron chi connectivity index (χ4n) is 3.33. The zero-order valence-electron chi connectivity index (χ0n) is 15.5. The molecule has 0 atom stereocenters. The lowest BCUT2D eigenvalue weighted by atomic mass is 10.1. The van der Waals surface area contributed by atoms with Crippen LogP contribution in [0.1, 0.15) is 28.8 Å². The summed E-state index contributed by atoms with van der Waals surface area (Å²) in [6, 6.07) is 12.7. The van der Waals surface area contributed by atoms with Gasteiger partial charge in [0.25, 0.3) is 5.91 Å². The number of aromatic nitrogens is 1. The van der Waals surface area contributed by atoms with Crippen LogP contribution in [0.5, 0.6) is 0 Å². The van der Waals surface area contributed by atoms with Gasteiger partial charge in [-0.05, 0) is 49.2 Å². The van der Waals surface area contributed by atoms with E-state index in [-0.39, 0.29) is 17.7 Å². The van der Waals surface area contributed by atoms with Crippen LogP contribution < -0.4 is 10.2 Å². The number of nitrogens with zero attached hydrogens (tertiary/aromatic N) is 4. The lowest BCUT2D eigenvalue weighted by Gasteiger charge is -2.35. The Morgan fingerprint density at radius 2 is 1.79 bits per heavy atom. The number of benzene rings is 1. The number of rotatable bonds is 4. The van der Waals surface area contributed by atoms with Gasteiger partial charge in [-0.1, -0.05) is 0 Å². The molecule has 2 aliphatic rings. The average Bonchev–Trinajstić information content (AvgIpc) is 3.59. The summed E-state index contributed by atoms with van der Waals surface area (Å²) in [5.74, 6) is 0.855. The first-order valence-corrected chi connectivity index (χ1v) is 9.46. The molecule has 2 amide bonds. The molecule has 0 radical (unpaired) electrons. The molecule has 4 rings (SSSR count). The van der Waals surface area contributed by atoms with E-state index in [0.29, 0.717) is 43.1 Å². The molecular weight excluding hydrogens is 354 g/mol. The van der Waals surface area contributed by atoms with Crippen LogP contribution in [-0.2, 0) is 4.79 Å². The van der Waals surface area contributed by atoms with Crippen molar-refractivity contribution < 1.29 is 9.59 Å². The van der Waals surface area contributed by atoms with Crippen molar-refractivity contribution in [3.8, 4) is 6.07 Å². The van der Waals surface area contributed by atoms with Crippen LogP contribution in [0.3, 0.4) is 0 Å². The Kier molecular flexibility index (Phi) is 4.94. The van der Waals surface area contributed by atoms with E-state index in [1.807, 2.05) is 9.80 Å². The SMILES string of the molecule is N#Cc1cccnc1N1CCN(C(=O)c2ccc(NC(=O)C3CC3)cc2)CC1. The zero-order valence-corrected chi connectivity index (χ0v) is 15.5. The fraction of sp³-hybridized carbons (Fsp3) is 0.333. The first-order valence-electron chi connectivity index (χ1n) is 9.46. The molecule has 2 fully saturated rings. The lowest BCUT2D eigenvalue weighted by Crippen LogP contribution is -2.49. The third-order valence-corrected chi connectivity index (χ3v) is 5.12. The molecule has 7 heteroatoms. The van der Waals surface area contributed by atoms with Gasteiger partial charge in [-0.15, -0.1) is 0 Å². The van der Waals surface area contributed by atoms with Gasteiger partial charge >= 0.3 is 0 Å². The maximum atomic E-state index is 12.8. The van der Waals surface area contributed by atoms with Crippen molar-refractivity contribution in [1.29, 1.82) is 5.26 Å². The minimum atomic E-state index is -0.0266. The number of hydrogen-bond donors (Lipinski definition) is 1. The van der Waals surface area contributed by atoms with Gasteiger partial charge in [0.15, 0.2) is 0 Å². The van der Waals surface area contributed by atoms with Gasteiger partial charge in [0.1, 0.15) is 11.9 Å². The highest BCUT2D eigenvalue weighted by Gasteiger charge is 2.29. The predicted molar refractivity (Wildman–Crippen MR) is 105 cm³/mol. The fourth-order valence-corrected chi connectivity index (χ4v) is 3.33. The topological polar surface area (TPSA) is 89.3 Å². The van der Waals surface area contributed by atoms with Crippen LogP contribution in [0.4, 0.5) is 11.5 Å². The third kappa shape index (κ3) is 3.81. The molecule has 0 unspecified atom stereocenters. The number of amides is 2. The molecule has 1 saturated heterocycles. The van der Waals surface area contributed by atoms with Crippen LogP contribution in [0.15, 0.2) is 42.6 Å². The van der Waals surface area contributed by atoms with Crippen LogP contribution in [0.25, 0.3) is 0 Å². The number of nitriles is 1. The van der Waals surface area contributed by atoms with Crippen molar-refractivity contribution in [2.45, 2.75) is 12.8 Å². The standard InChI is InChI=1S/C21H21N5O2/c22-14-17-2-1-9-23-19(17)25-10-12-26(13-11-25)21(28)16-5-7-18(8-6-16)24-20(27)15-3-4-15/h1-2,5-9,15H,3-4,10-13H2,(H,24,27). The largest absolute Gasteiger partial charge is 0.352 e. The summed E-state index contributed by atoms with van der Waals surface area (Å²) >= 11 is 0. The molecule has 1 aliphatic carbocycles. The smallest absolute Gasteiger partial charge is 0.253 e. The average molecular weight is 375 g/mol. The summed E-state index contributed by atoms with van der Waals surface area (Å²) in [7, 11) is 0. The van der Waals surface area contributed by atoms with Crippen molar-refractivity contribution in [3.63, 3.8) is 0 Å². The highest BCUT2D eigenvalue weighted by atomic mass is 16.2. The van der Waals surface area contributed by atoms with Crippen molar-refractivity contribution >= 4 is 23.3 Å². The second-order valence-corrected chi connectivity index (χ2v) is 7.11. The summed E-state index contributed by atoms with van der Waals surface area (Å²) in [4.78, 5) is 32.8. The highest BCUT2D eigenvalue weighted by molar-refractivity contribution is 5.97. The second kappa shape index (κ2) is 7.69. The number of carbonyl (C=O) groups excluding carboxylic acids is 2. The van der Waals surface area contributed by atoms with Crippen molar-refractivity contribution in [2.75, 3.05) is 36.4 Å². The second-order valence-electron chi connectivity index (χ2n) is 7.11. The Labute approximate surface area is 163 Å². The minimum absolute atomic E-state index is 0.0266. The van der Waals surface area contributed by atoms with E-state index in [1.54, 1.807) is 42.6 Å². The molecular formula is C21H21N5O2. The molecule has 1 N–H and O–H groups in total. The highest BCUT2D eigenvalue weighted by Crippen LogP contribution is 2.30.